The van der Waals surface area contributed by atoms with E-state index in [1.165, 1.54) is 109 Å². The quantitative estimate of drug-likeness (QED) is 0.0212. The third-order valence-electron chi connectivity index (χ3n) is 11.6. The molecular weight excluding hydrogens is 759 g/mol. The van der Waals surface area contributed by atoms with E-state index in [0.29, 0.717) is 31.7 Å². The second-order valence-corrected chi connectivity index (χ2v) is 18.2. The van der Waals surface area contributed by atoms with Gasteiger partial charge in [0.1, 0.15) is 11.9 Å². The number of carbonyl (C=O) groups excluding carboxylic acids is 2. The van der Waals surface area contributed by atoms with Gasteiger partial charge in [-0.2, -0.15) is 4.40 Å². The molecule has 0 heterocycles. The molecule has 0 aromatic carbocycles. The summed E-state index contributed by atoms with van der Waals surface area (Å²) in [7, 11) is 0.912. The number of carbonyl (C=O) groups is 2. The summed E-state index contributed by atoms with van der Waals surface area (Å²) in [5, 5.41) is 0. The number of hydrogen-bond donors (Lipinski definition) is 1. The SMILES string of the molecule is CCCCCCCCCOC(=O)CCCCCCCN(CCCCCCCC(=O)OC(CCCCCCCC)CCCCCCCC)CCCC/C(=N/[SH](=O)=O)N(C)C. The lowest BCUT2D eigenvalue weighted by atomic mass is 10.0. The highest BCUT2D eigenvalue weighted by atomic mass is 32.2. The van der Waals surface area contributed by atoms with E-state index in [1.807, 2.05) is 14.1 Å². The maximum atomic E-state index is 12.9. The van der Waals surface area contributed by atoms with Gasteiger partial charge < -0.3 is 19.3 Å². The molecule has 0 atom stereocenters. The summed E-state index contributed by atoms with van der Waals surface area (Å²) in [6, 6.07) is 0. The minimum atomic E-state index is -2.78. The van der Waals surface area contributed by atoms with Crippen LogP contribution in [0.1, 0.15) is 252 Å². The van der Waals surface area contributed by atoms with Crippen molar-refractivity contribution < 1.29 is 27.5 Å². The van der Waals surface area contributed by atoms with Gasteiger partial charge in [0.2, 0.25) is 10.9 Å². The van der Waals surface area contributed by atoms with Crippen molar-refractivity contribution in [2.45, 2.75) is 258 Å². The van der Waals surface area contributed by atoms with E-state index in [0.717, 1.165) is 122 Å². The summed E-state index contributed by atoms with van der Waals surface area (Å²) in [5.74, 6) is 0.573. The van der Waals surface area contributed by atoms with Gasteiger partial charge in [0.05, 0.1) is 6.61 Å². The van der Waals surface area contributed by atoms with E-state index >= 15 is 0 Å². The van der Waals surface area contributed by atoms with Crippen LogP contribution in [0.25, 0.3) is 0 Å². The predicted octanol–water partition coefficient (Wildman–Crippen LogP) is 13.3. The second-order valence-electron chi connectivity index (χ2n) is 17.5. The number of hydrogen-bond acceptors (Lipinski definition) is 7. The molecule has 0 amide bonds. The van der Waals surface area contributed by atoms with Crippen molar-refractivity contribution in [1.82, 2.24) is 9.80 Å². The highest BCUT2D eigenvalue weighted by Gasteiger charge is 2.15. The van der Waals surface area contributed by atoms with Crippen molar-refractivity contribution in [2.75, 3.05) is 40.3 Å². The molecule has 0 rings (SSSR count). The summed E-state index contributed by atoms with van der Waals surface area (Å²) in [6.07, 6.45) is 40.4. The number of amidine groups is 1. The summed E-state index contributed by atoms with van der Waals surface area (Å²) in [4.78, 5) is 29.4. The number of rotatable bonds is 45. The zero-order valence-corrected chi connectivity index (χ0v) is 40.5. The topological polar surface area (TPSA) is 106 Å². The molecule has 0 saturated heterocycles. The summed E-state index contributed by atoms with van der Waals surface area (Å²) >= 11 is 0. The van der Waals surface area contributed by atoms with E-state index in [2.05, 4.69) is 30.1 Å². The van der Waals surface area contributed by atoms with Crippen molar-refractivity contribution in [3.8, 4) is 0 Å². The molecule has 0 N–H and O–H groups in total. The van der Waals surface area contributed by atoms with Gasteiger partial charge in [0.15, 0.2) is 0 Å². The number of ether oxygens (including phenoxy) is 2. The fourth-order valence-electron chi connectivity index (χ4n) is 7.81. The Morgan fingerprint density at radius 1 is 0.475 bits per heavy atom. The fraction of sp³-hybridized carbons (Fsp3) is 0.939. The van der Waals surface area contributed by atoms with Gasteiger partial charge in [-0.05, 0) is 90.3 Å². The Bertz CT molecular complexity index is 1030. The number of nitrogens with zero attached hydrogens (tertiary/aromatic N) is 3. The summed E-state index contributed by atoms with van der Waals surface area (Å²) in [5.41, 5.74) is 0. The molecule has 0 fully saturated rings. The minimum Gasteiger partial charge on any atom is -0.466 e. The van der Waals surface area contributed by atoms with E-state index in [4.69, 9.17) is 9.47 Å². The van der Waals surface area contributed by atoms with Crippen LogP contribution in [-0.4, -0.2) is 82.4 Å². The van der Waals surface area contributed by atoms with Crippen LogP contribution in [0.2, 0.25) is 0 Å². The van der Waals surface area contributed by atoms with Crippen LogP contribution < -0.4 is 0 Å². The van der Waals surface area contributed by atoms with Crippen LogP contribution in [0, 0.1) is 0 Å². The average Bonchev–Trinajstić information content (AvgIpc) is 3.21. The third-order valence-corrected chi connectivity index (χ3v) is 12.0. The average molecular weight is 856 g/mol. The van der Waals surface area contributed by atoms with Crippen LogP contribution in [0.4, 0.5) is 0 Å². The molecule has 0 aromatic heterocycles. The van der Waals surface area contributed by atoms with Crippen molar-refractivity contribution in [2.24, 2.45) is 4.40 Å². The molecule has 0 bridgehead atoms. The van der Waals surface area contributed by atoms with Crippen molar-refractivity contribution in [1.29, 1.82) is 0 Å². The van der Waals surface area contributed by atoms with Gasteiger partial charge >= 0.3 is 11.9 Å². The first-order valence-corrected chi connectivity index (χ1v) is 26.3. The first-order valence-electron chi connectivity index (χ1n) is 25.2. The van der Waals surface area contributed by atoms with Gasteiger partial charge in [0.25, 0.3) is 0 Å². The zero-order chi connectivity index (χ0) is 43.4. The zero-order valence-electron chi connectivity index (χ0n) is 39.6. The lowest BCUT2D eigenvalue weighted by Crippen LogP contribution is -2.28. The molecule has 0 aliphatic heterocycles. The predicted molar refractivity (Wildman–Crippen MR) is 252 cm³/mol. The largest absolute Gasteiger partial charge is 0.466 e. The molecule has 0 aliphatic carbocycles. The Balaban J connectivity index is 4.55. The van der Waals surface area contributed by atoms with Gasteiger partial charge in [-0.3, -0.25) is 9.59 Å². The standard InChI is InChI=1S/C49H97N3O6S/c1-6-9-12-15-18-27-36-45-57-48(53)40-30-23-19-25-33-42-52(44-35-32-39-47(51(4)5)50-59(55)56)43-34-26-20-24-31-41-49(54)58-46(37-28-21-16-13-10-7-2)38-29-22-17-14-11-8-3/h46,59H,6-45H2,1-5H3/b50-47-. The Morgan fingerprint density at radius 2 is 0.847 bits per heavy atom. The van der Waals surface area contributed by atoms with Gasteiger partial charge in [0, 0.05) is 33.4 Å². The lowest BCUT2D eigenvalue weighted by molar-refractivity contribution is -0.150. The molecule has 0 aliphatic rings. The van der Waals surface area contributed by atoms with Crippen molar-refractivity contribution in [3.05, 3.63) is 0 Å². The maximum Gasteiger partial charge on any atom is 0.306 e. The van der Waals surface area contributed by atoms with Crippen molar-refractivity contribution in [3.63, 3.8) is 0 Å². The number of thiol groups is 1. The van der Waals surface area contributed by atoms with Gasteiger partial charge in [-0.1, -0.05) is 162 Å². The van der Waals surface area contributed by atoms with E-state index < -0.39 is 10.9 Å². The van der Waals surface area contributed by atoms with Crippen LogP contribution >= 0.6 is 0 Å². The maximum absolute atomic E-state index is 12.9. The van der Waals surface area contributed by atoms with Gasteiger partial charge in [-0.25, -0.2) is 8.42 Å². The van der Waals surface area contributed by atoms with Crippen LogP contribution in [0.15, 0.2) is 4.40 Å². The monoisotopic (exact) mass is 856 g/mol. The highest BCUT2D eigenvalue weighted by molar-refractivity contribution is 7.71. The van der Waals surface area contributed by atoms with E-state index in [-0.39, 0.29) is 18.0 Å². The van der Waals surface area contributed by atoms with Crippen molar-refractivity contribution >= 4 is 28.7 Å². The molecule has 0 aromatic rings. The summed E-state index contributed by atoms with van der Waals surface area (Å²) in [6.45, 7) is 10.4. The molecule has 10 heteroatoms. The Labute approximate surface area is 367 Å². The molecular formula is C49H97N3O6S. The second kappa shape index (κ2) is 44.4. The fourth-order valence-corrected chi connectivity index (χ4v) is 8.28. The Hall–Kier alpha value is -1.68. The first-order chi connectivity index (χ1) is 28.7. The molecule has 0 spiro atoms. The number of esters is 2. The Kier molecular flexibility index (Phi) is 43.1. The van der Waals surface area contributed by atoms with Crippen LogP contribution in [0.3, 0.4) is 0 Å². The molecule has 0 unspecified atom stereocenters. The van der Waals surface area contributed by atoms with Crippen LogP contribution in [0.5, 0.6) is 0 Å². The molecule has 350 valence electrons. The first kappa shape index (κ1) is 57.3. The van der Waals surface area contributed by atoms with Crippen LogP contribution in [-0.2, 0) is 30.0 Å². The van der Waals surface area contributed by atoms with E-state index in [9.17, 15) is 18.0 Å². The molecule has 0 radical (unpaired) electrons. The normalized spacial score (nSPS) is 12.0. The molecule has 0 saturated carbocycles. The number of unbranched alkanes of at least 4 members (excludes halogenated alkanes) is 25. The lowest BCUT2D eigenvalue weighted by Gasteiger charge is -2.23. The molecule has 9 nitrogen and oxygen atoms in total. The highest BCUT2D eigenvalue weighted by Crippen LogP contribution is 2.19. The molecule has 59 heavy (non-hydrogen) atoms. The Morgan fingerprint density at radius 3 is 1.31 bits per heavy atom. The van der Waals surface area contributed by atoms with E-state index in [1.54, 1.807) is 4.90 Å². The van der Waals surface area contributed by atoms with Gasteiger partial charge in [-0.15, -0.1) is 0 Å². The minimum absolute atomic E-state index is 0.00135. The smallest absolute Gasteiger partial charge is 0.306 e. The summed E-state index contributed by atoms with van der Waals surface area (Å²) < 4.78 is 37.7. The third kappa shape index (κ3) is 41.4.